The van der Waals surface area contributed by atoms with E-state index in [0.717, 1.165) is 12.8 Å². The molecule has 168 valence electrons. The molecule has 0 amide bonds. The van der Waals surface area contributed by atoms with Gasteiger partial charge in [0.25, 0.3) is 5.56 Å². The maximum Gasteiger partial charge on any atom is 0.337 e. The molecule has 0 spiro atoms. The molecular formula is C23H23FN2O5S. The highest BCUT2D eigenvalue weighted by Gasteiger charge is 2.21. The molecule has 7 nitrogen and oxygen atoms in total. The molecule has 2 aromatic carbocycles. The first-order valence-electron chi connectivity index (χ1n) is 10.3. The predicted molar refractivity (Wildman–Crippen MR) is 119 cm³/mol. The Bertz CT molecular complexity index is 1160. The van der Waals surface area contributed by atoms with Crippen LogP contribution >= 0.6 is 11.8 Å². The normalized spacial score (nSPS) is 15.8. The second-order valence-electron chi connectivity index (χ2n) is 7.32. The van der Waals surface area contributed by atoms with Crippen LogP contribution in [0.4, 0.5) is 4.39 Å². The zero-order chi connectivity index (χ0) is 22.5. The lowest BCUT2D eigenvalue weighted by molar-refractivity contribution is 0.0601. The summed E-state index contributed by atoms with van der Waals surface area (Å²) in [6.45, 7) is 1.46. The van der Waals surface area contributed by atoms with Crippen molar-refractivity contribution >= 4 is 28.6 Å². The first-order valence-corrected chi connectivity index (χ1v) is 11.3. The van der Waals surface area contributed by atoms with Crippen molar-refractivity contribution in [1.29, 1.82) is 0 Å². The zero-order valence-electron chi connectivity index (χ0n) is 17.6. The van der Waals surface area contributed by atoms with Crippen LogP contribution in [0.25, 0.3) is 10.9 Å². The lowest BCUT2D eigenvalue weighted by Gasteiger charge is -2.17. The minimum absolute atomic E-state index is 0.0314. The Morgan fingerprint density at radius 3 is 2.81 bits per heavy atom. The monoisotopic (exact) mass is 458 g/mol. The molecule has 0 N–H and O–H groups in total. The number of esters is 1. The Balaban J connectivity index is 1.58. The zero-order valence-corrected chi connectivity index (χ0v) is 18.4. The van der Waals surface area contributed by atoms with E-state index in [2.05, 4.69) is 4.98 Å². The predicted octanol–water partition coefficient (Wildman–Crippen LogP) is 3.67. The molecule has 0 radical (unpaired) electrons. The number of carbonyl (C=O) groups excluding carboxylic acids is 1. The van der Waals surface area contributed by atoms with E-state index in [4.69, 9.17) is 14.2 Å². The van der Waals surface area contributed by atoms with Crippen molar-refractivity contribution in [2.45, 2.75) is 30.6 Å². The number of rotatable bonds is 8. The van der Waals surface area contributed by atoms with Gasteiger partial charge in [0.1, 0.15) is 11.6 Å². The summed E-state index contributed by atoms with van der Waals surface area (Å²) in [6.07, 6.45) is 1.83. The van der Waals surface area contributed by atoms with Crippen molar-refractivity contribution in [1.82, 2.24) is 9.55 Å². The summed E-state index contributed by atoms with van der Waals surface area (Å²) in [5, 5.41) is 0.963. The largest absolute Gasteiger partial charge is 0.493 e. The summed E-state index contributed by atoms with van der Waals surface area (Å²) in [5.41, 5.74) is 0.590. The number of fused-ring (bicyclic) bond motifs is 1. The maximum absolute atomic E-state index is 13.2. The van der Waals surface area contributed by atoms with Crippen LogP contribution in [-0.2, 0) is 16.0 Å². The highest BCUT2D eigenvalue weighted by molar-refractivity contribution is 7.99. The van der Waals surface area contributed by atoms with E-state index in [1.54, 1.807) is 34.9 Å². The first kappa shape index (κ1) is 22.3. The SMILES string of the molecule is COC(=O)c1ccc2c(=O)n(CC3CCCO3)c(SCCOc3ccc(F)cc3)nc2c1. The Hall–Kier alpha value is -2.91. The number of carbonyl (C=O) groups is 1. The first-order chi connectivity index (χ1) is 15.5. The average molecular weight is 459 g/mol. The van der Waals surface area contributed by atoms with E-state index in [0.29, 0.717) is 52.9 Å². The Kier molecular flexibility index (Phi) is 7.06. The van der Waals surface area contributed by atoms with Gasteiger partial charge in [-0.25, -0.2) is 14.2 Å². The number of thioether (sulfide) groups is 1. The molecule has 1 aliphatic rings. The number of nitrogens with zero attached hydrogens (tertiary/aromatic N) is 2. The molecule has 2 heterocycles. The molecule has 9 heteroatoms. The van der Waals surface area contributed by atoms with Gasteiger partial charge < -0.3 is 14.2 Å². The third-order valence-electron chi connectivity index (χ3n) is 5.15. The van der Waals surface area contributed by atoms with E-state index >= 15 is 0 Å². The van der Waals surface area contributed by atoms with Gasteiger partial charge in [-0.15, -0.1) is 0 Å². The van der Waals surface area contributed by atoms with Crippen LogP contribution in [0.15, 0.2) is 52.4 Å². The van der Waals surface area contributed by atoms with E-state index in [1.165, 1.54) is 31.0 Å². The summed E-state index contributed by atoms with van der Waals surface area (Å²) in [6, 6.07) is 10.5. The van der Waals surface area contributed by atoms with Crippen molar-refractivity contribution in [3.05, 3.63) is 64.2 Å². The highest BCUT2D eigenvalue weighted by Crippen LogP contribution is 2.22. The van der Waals surface area contributed by atoms with E-state index < -0.39 is 5.97 Å². The van der Waals surface area contributed by atoms with Crippen LogP contribution in [0.5, 0.6) is 5.75 Å². The second-order valence-corrected chi connectivity index (χ2v) is 8.38. The molecule has 4 rings (SSSR count). The van der Waals surface area contributed by atoms with Crippen LogP contribution in [-0.4, -0.2) is 47.7 Å². The van der Waals surface area contributed by atoms with Crippen LogP contribution in [0.2, 0.25) is 0 Å². The molecule has 3 aromatic rings. The molecule has 1 saturated heterocycles. The van der Waals surface area contributed by atoms with Gasteiger partial charge in [0.15, 0.2) is 5.16 Å². The molecule has 1 unspecified atom stereocenters. The van der Waals surface area contributed by atoms with Gasteiger partial charge in [-0.3, -0.25) is 9.36 Å². The number of aromatic nitrogens is 2. The van der Waals surface area contributed by atoms with Gasteiger partial charge >= 0.3 is 5.97 Å². The van der Waals surface area contributed by atoms with Gasteiger partial charge in [-0.1, -0.05) is 11.8 Å². The van der Waals surface area contributed by atoms with Crippen LogP contribution in [0.3, 0.4) is 0 Å². The van der Waals surface area contributed by atoms with Crippen molar-refractivity contribution in [2.75, 3.05) is 26.1 Å². The maximum atomic E-state index is 13.2. The Labute approximate surface area is 188 Å². The molecule has 0 saturated carbocycles. The third kappa shape index (κ3) is 5.11. The summed E-state index contributed by atoms with van der Waals surface area (Å²) < 4.78 is 30.8. The van der Waals surface area contributed by atoms with Crippen molar-refractivity contribution in [2.24, 2.45) is 0 Å². The molecule has 1 aromatic heterocycles. The van der Waals surface area contributed by atoms with Crippen molar-refractivity contribution in [3.8, 4) is 5.75 Å². The number of ether oxygens (including phenoxy) is 3. The van der Waals surface area contributed by atoms with Gasteiger partial charge in [0.2, 0.25) is 0 Å². The van der Waals surface area contributed by atoms with Crippen molar-refractivity contribution < 1.29 is 23.4 Å². The number of halogens is 1. The standard InChI is InChI=1S/C23H23FN2O5S/c1-29-22(28)15-4-9-19-20(13-15)25-23(26(21(19)27)14-18-3-2-10-30-18)32-12-11-31-17-7-5-16(24)6-8-17/h4-9,13,18H,2-3,10-12,14H2,1H3. The lowest BCUT2D eigenvalue weighted by atomic mass is 10.1. The number of benzene rings is 2. The molecule has 32 heavy (non-hydrogen) atoms. The minimum atomic E-state index is -0.487. The van der Waals surface area contributed by atoms with E-state index in [9.17, 15) is 14.0 Å². The van der Waals surface area contributed by atoms with Crippen LogP contribution < -0.4 is 10.3 Å². The fourth-order valence-electron chi connectivity index (χ4n) is 3.53. The topological polar surface area (TPSA) is 79.7 Å². The third-order valence-corrected chi connectivity index (χ3v) is 6.09. The van der Waals surface area contributed by atoms with E-state index in [-0.39, 0.29) is 17.5 Å². The van der Waals surface area contributed by atoms with Gasteiger partial charge in [-0.05, 0) is 55.3 Å². The quantitative estimate of drug-likeness (QED) is 0.221. The van der Waals surface area contributed by atoms with Gasteiger partial charge in [0, 0.05) is 12.4 Å². The fourth-order valence-corrected chi connectivity index (χ4v) is 4.36. The summed E-state index contributed by atoms with van der Waals surface area (Å²) in [7, 11) is 1.31. The minimum Gasteiger partial charge on any atom is -0.493 e. The van der Waals surface area contributed by atoms with E-state index in [1.807, 2.05) is 0 Å². The fraction of sp³-hybridized carbons (Fsp3) is 0.348. The number of hydrogen-bond donors (Lipinski definition) is 0. The van der Waals surface area contributed by atoms with Crippen LogP contribution in [0, 0.1) is 5.82 Å². The molecule has 1 aliphatic heterocycles. The molecular weight excluding hydrogens is 435 g/mol. The molecule has 0 aliphatic carbocycles. The highest BCUT2D eigenvalue weighted by atomic mass is 32.2. The summed E-state index contributed by atoms with van der Waals surface area (Å²) in [4.78, 5) is 29.8. The smallest absolute Gasteiger partial charge is 0.337 e. The Morgan fingerprint density at radius 2 is 2.09 bits per heavy atom. The van der Waals surface area contributed by atoms with Gasteiger partial charge in [-0.2, -0.15) is 0 Å². The number of hydrogen-bond acceptors (Lipinski definition) is 7. The van der Waals surface area contributed by atoms with Crippen molar-refractivity contribution in [3.63, 3.8) is 0 Å². The summed E-state index contributed by atoms with van der Waals surface area (Å²) >= 11 is 1.38. The second kappa shape index (κ2) is 10.1. The van der Waals surface area contributed by atoms with Gasteiger partial charge in [0.05, 0.1) is 42.8 Å². The Morgan fingerprint density at radius 1 is 1.28 bits per heavy atom. The summed E-state index contributed by atoms with van der Waals surface area (Å²) in [5.74, 6) is 0.283. The molecule has 1 fully saturated rings. The number of methoxy groups -OCH3 is 1. The van der Waals surface area contributed by atoms with Crippen LogP contribution in [0.1, 0.15) is 23.2 Å². The average Bonchev–Trinajstić information content (AvgIpc) is 3.32. The molecule has 1 atom stereocenters. The lowest BCUT2D eigenvalue weighted by Crippen LogP contribution is -2.29. The molecule has 0 bridgehead atoms.